The van der Waals surface area contributed by atoms with Gasteiger partial charge >= 0.3 is 0 Å². The van der Waals surface area contributed by atoms with Crippen LogP contribution in [0.5, 0.6) is 11.5 Å². The van der Waals surface area contributed by atoms with E-state index >= 15 is 0 Å². The van der Waals surface area contributed by atoms with Gasteiger partial charge in [-0.3, -0.25) is 0 Å². The topological polar surface area (TPSA) is 18.5 Å². The third kappa shape index (κ3) is 10.4. The van der Waals surface area contributed by atoms with Crippen molar-refractivity contribution < 1.29 is 9.47 Å². The molecule has 0 saturated carbocycles. The van der Waals surface area contributed by atoms with Gasteiger partial charge in [0, 0.05) is 6.07 Å². The van der Waals surface area contributed by atoms with Crippen LogP contribution in [0.15, 0.2) is 28.9 Å². The lowest BCUT2D eigenvalue weighted by molar-refractivity contribution is 0.306. The number of rotatable bonds is 10. The van der Waals surface area contributed by atoms with Gasteiger partial charge < -0.3 is 9.47 Å². The normalized spacial score (nSPS) is 10.3. The molecule has 2 aromatic heterocycles. The third-order valence-corrected chi connectivity index (χ3v) is 7.14. The molecule has 25 heavy (non-hydrogen) atoms. The first-order valence-corrected chi connectivity index (χ1v) is 12.6. The molecule has 0 fully saturated rings. The molecular formula is C18H25Br3O2S2. The highest BCUT2D eigenvalue weighted by Crippen LogP contribution is 2.37. The Balaban J connectivity index is 0.000000251. The minimum Gasteiger partial charge on any atom is -0.492 e. The molecule has 0 radical (unpaired) electrons. The Labute approximate surface area is 184 Å². The summed E-state index contributed by atoms with van der Waals surface area (Å²) in [6, 6.07) is 4.00. The van der Waals surface area contributed by atoms with Crippen molar-refractivity contribution in [2.45, 2.75) is 52.4 Å². The first-order valence-electron chi connectivity index (χ1n) is 8.51. The highest BCUT2D eigenvalue weighted by atomic mass is 79.9. The second kappa shape index (κ2) is 14.5. The zero-order chi connectivity index (χ0) is 18.5. The van der Waals surface area contributed by atoms with E-state index in [0.717, 1.165) is 48.9 Å². The van der Waals surface area contributed by atoms with Crippen molar-refractivity contribution in [3.8, 4) is 11.5 Å². The Bertz CT molecular complexity index is 585. The first-order chi connectivity index (χ1) is 12.1. The SMILES string of the molecule is CCCCCOc1cc(Br)sc1Br.CCCCCOc1ccsc1Br. The second-order valence-electron chi connectivity index (χ2n) is 5.36. The number of halogens is 3. The maximum atomic E-state index is 5.59. The molecule has 0 aliphatic heterocycles. The summed E-state index contributed by atoms with van der Waals surface area (Å²) in [6.45, 7) is 6.04. The van der Waals surface area contributed by atoms with Crippen LogP contribution >= 0.6 is 70.5 Å². The summed E-state index contributed by atoms with van der Waals surface area (Å²) in [4.78, 5) is 0. The molecule has 0 aromatic carbocycles. The Hall–Kier alpha value is 0.440. The van der Waals surface area contributed by atoms with Crippen molar-refractivity contribution in [1.29, 1.82) is 0 Å². The Morgan fingerprint density at radius 3 is 1.88 bits per heavy atom. The van der Waals surface area contributed by atoms with E-state index in [2.05, 4.69) is 61.6 Å². The standard InChI is InChI=1S/C9H12Br2OS.C9H13BrOS/c1-2-3-4-5-12-7-6-8(10)13-9(7)11;1-2-3-4-6-11-8-5-7-12-9(8)10/h6H,2-5H2,1H3;5,7H,2-4,6H2,1H3. The fourth-order valence-electron chi connectivity index (χ4n) is 1.88. The van der Waals surface area contributed by atoms with Crippen LogP contribution < -0.4 is 9.47 Å². The lowest BCUT2D eigenvalue weighted by atomic mass is 10.3. The maximum Gasteiger partial charge on any atom is 0.145 e. The smallest absolute Gasteiger partial charge is 0.145 e. The van der Waals surface area contributed by atoms with Gasteiger partial charge in [-0.1, -0.05) is 39.5 Å². The minimum absolute atomic E-state index is 0.815. The van der Waals surface area contributed by atoms with E-state index in [0.29, 0.717) is 0 Å². The van der Waals surface area contributed by atoms with Crippen molar-refractivity contribution >= 4 is 70.5 Å². The van der Waals surface area contributed by atoms with Crippen molar-refractivity contribution in [3.63, 3.8) is 0 Å². The van der Waals surface area contributed by atoms with Gasteiger partial charge in [0.2, 0.25) is 0 Å². The molecule has 2 rings (SSSR count). The molecule has 0 aliphatic rings. The summed E-state index contributed by atoms with van der Waals surface area (Å²) in [7, 11) is 0. The molecule has 142 valence electrons. The van der Waals surface area contributed by atoms with Gasteiger partial charge in [-0.2, -0.15) is 0 Å². The molecule has 0 atom stereocenters. The van der Waals surface area contributed by atoms with Crippen LogP contribution in [0, 0.1) is 0 Å². The summed E-state index contributed by atoms with van der Waals surface area (Å²) in [6.07, 6.45) is 7.26. The van der Waals surface area contributed by atoms with Crippen LogP contribution in [-0.4, -0.2) is 13.2 Å². The van der Waals surface area contributed by atoms with Crippen molar-refractivity contribution in [3.05, 3.63) is 28.9 Å². The Morgan fingerprint density at radius 2 is 1.44 bits per heavy atom. The fourth-order valence-corrected chi connectivity index (χ4v) is 5.65. The van der Waals surface area contributed by atoms with Crippen molar-refractivity contribution in [1.82, 2.24) is 0 Å². The van der Waals surface area contributed by atoms with Crippen LogP contribution in [0.25, 0.3) is 0 Å². The predicted octanol–water partition coefficient (Wildman–Crippen LogP) is 8.92. The fraction of sp³-hybridized carbons (Fsp3) is 0.556. The molecule has 0 bridgehead atoms. The van der Waals surface area contributed by atoms with Crippen molar-refractivity contribution in [2.24, 2.45) is 0 Å². The van der Waals surface area contributed by atoms with Crippen LogP contribution in [0.1, 0.15) is 52.4 Å². The Morgan fingerprint density at radius 1 is 0.840 bits per heavy atom. The van der Waals surface area contributed by atoms with Crippen LogP contribution in [0.3, 0.4) is 0 Å². The van der Waals surface area contributed by atoms with Crippen LogP contribution in [0.4, 0.5) is 0 Å². The summed E-state index contributed by atoms with van der Waals surface area (Å²) in [5.41, 5.74) is 0. The van der Waals surface area contributed by atoms with Gasteiger partial charge in [0.05, 0.1) is 17.0 Å². The lowest BCUT2D eigenvalue weighted by Crippen LogP contribution is -1.95. The molecule has 0 spiro atoms. The van der Waals surface area contributed by atoms with Gasteiger partial charge in [-0.15, -0.1) is 22.7 Å². The van der Waals surface area contributed by atoms with Gasteiger partial charge in [0.25, 0.3) is 0 Å². The molecule has 2 aromatic rings. The third-order valence-electron chi connectivity index (χ3n) is 3.22. The highest BCUT2D eigenvalue weighted by molar-refractivity contribution is 9.12. The second-order valence-corrected chi connectivity index (χ2v) is 11.3. The van der Waals surface area contributed by atoms with E-state index in [-0.39, 0.29) is 0 Å². The summed E-state index contributed by atoms with van der Waals surface area (Å²) in [5.74, 6) is 1.93. The minimum atomic E-state index is 0.815. The average Bonchev–Trinajstić information content (AvgIpc) is 3.14. The predicted molar refractivity (Wildman–Crippen MR) is 122 cm³/mol. The number of unbranched alkanes of at least 4 members (excludes halogenated alkanes) is 4. The van der Waals surface area contributed by atoms with Crippen LogP contribution in [0.2, 0.25) is 0 Å². The highest BCUT2D eigenvalue weighted by Gasteiger charge is 2.05. The molecule has 0 amide bonds. The molecular weight excluding hydrogens is 552 g/mol. The number of thiophene rings is 2. The average molecular weight is 577 g/mol. The van der Waals surface area contributed by atoms with E-state index in [1.54, 1.807) is 22.7 Å². The molecule has 2 heterocycles. The summed E-state index contributed by atoms with van der Waals surface area (Å²) in [5, 5.41) is 2.03. The number of hydrogen-bond donors (Lipinski definition) is 0. The quantitative estimate of drug-likeness (QED) is 0.263. The molecule has 7 heteroatoms. The van der Waals surface area contributed by atoms with Gasteiger partial charge in [-0.05, 0) is 72.1 Å². The largest absolute Gasteiger partial charge is 0.492 e. The van der Waals surface area contributed by atoms with E-state index in [9.17, 15) is 0 Å². The van der Waals surface area contributed by atoms with Gasteiger partial charge in [0.15, 0.2) is 0 Å². The lowest BCUT2D eigenvalue weighted by Gasteiger charge is -2.02. The van der Waals surface area contributed by atoms with E-state index in [1.807, 2.05) is 17.5 Å². The Kier molecular flexibility index (Phi) is 13.6. The number of ether oxygens (including phenoxy) is 2. The zero-order valence-electron chi connectivity index (χ0n) is 14.7. The first kappa shape index (κ1) is 23.5. The molecule has 0 unspecified atom stereocenters. The molecule has 0 aliphatic carbocycles. The van der Waals surface area contributed by atoms with Crippen molar-refractivity contribution in [2.75, 3.05) is 13.2 Å². The van der Waals surface area contributed by atoms with Gasteiger partial charge in [-0.25, -0.2) is 0 Å². The molecule has 2 nitrogen and oxygen atoms in total. The van der Waals surface area contributed by atoms with Crippen LogP contribution in [-0.2, 0) is 0 Å². The van der Waals surface area contributed by atoms with E-state index in [4.69, 9.17) is 9.47 Å². The maximum absolute atomic E-state index is 5.59. The van der Waals surface area contributed by atoms with E-state index < -0.39 is 0 Å². The monoisotopic (exact) mass is 574 g/mol. The molecule has 0 N–H and O–H groups in total. The molecule has 0 saturated heterocycles. The summed E-state index contributed by atoms with van der Waals surface area (Å²) >= 11 is 13.6. The number of hydrogen-bond acceptors (Lipinski definition) is 4. The van der Waals surface area contributed by atoms with Gasteiger partial charge in [0.1, 0.15) is 19.1 Å². The summed E-state index contributed by atoms with van der Waals surface area (Å²) < 4.78 is 14.4. The van der Waals surface area contributed by atoms with E-state index in [1.165, 1.54) is 25.7 Å². The zero-order valence-corrected chi connectivity index (χ0v) is 21.0.